The number of likely N-dealkylation sites (tertiary alicyclic amines) is 1. The number of aromatic nitrogens is 2. The van der Waals surface area contributed by atoms with Crippen LogP contribution in [0.5, 0.6) is 0 Å². The molecule has 1 aromatic rings. The van der Waals surface area contributed by atoms with Gasteiger partial charge >= 0.3 is 6.03 Å². The minimum Gasteiger partial charge on any atom is -0.377 e. The molecule has 0 radical (unpaired) electrons. The minimum atomic E-state index is -0.140. The Morgan fingerprint density at radius 2 is 2.17 bits per heavy atom. The summed E-state index contributed by atoms with van der Waals surface area (Å²) < 4.78 is 7.45. The molecule has 0 aliphatic carbocycles. The molecule has 128 valence electrons. The van der Waals surface area contributed by atoms with Crippen LogP contribution in [0.4, 0.5) is 10.5 Å². The number of aryl methyl sites for hydroxylation is 1. The van der Waals surface area contributed by atoms with E-state index in [9.17, 15) is 4.79 Å². The average Bonchev–Trinajstić information content (AvgIpc) is 3.15. The highest BCUT2D eigenvalue weighted by molar-refractivity contribution is 5.89. The van der Waals surface area contributed by atoms with E-state index >= 15 is 0 Å². The summed E-state index contributed by atoms with van der Waals surface area (Å²) >= 11 is 0. The maximum atomic E-state index is 12.1. The van der Waals surface area contributed by atoms with E-state index < -0.39 is 0 Å². The van der Waals surface area contributed by atoms with E-state index in [0.29, 0.717) is 6.10 Å². The third-order valence-corrected chi connectivity index (χ3v) is 4.89. The highest BCUT2D eigenvalue weighted by Crippen LogP contribution is 2.17. The first-order valence-corrected chi connectivity index (χ1v) is 8.52. The lowest BCUT2D eigenvalue weighted by molar-refractivity contribution is 0.0633. The van der Waals surface area contributed by atoms with Gasteiger partial charge in [-0.25, -0.2) is 4.79 Å². The maximum absolute atomic E-state index is 12.1. The summed E-state index contributed by atoms with van der Waals surface area (Å²) in [6, 6.07) is 0.103. The number of ether oxygens (including phenoxy) is 1. The Kier molecular flexibility index (Phi) is 5.17. The summed E-state index contributed by atoms with van der Waals surface area (Å²) in [7, 11) is 1.86. The monoisotopic (exact) mass is 321 g/mol. The Labute approximate surface area is 137 Å². The van der Waals surface area contributed by atoms with Crippen LogP contribution in [-0.4, -0.2) is 59.1 Å². The van der Waals surface area contributed by atoms with Crippen molar-refractivity contribution in [3.8, 4) is 0 Å². The van der Waals surface area contributed by atoms with Crippen molar-refractivity contribution in [1.29, 1.82) is 0 Å². The van der Waals surface area contributed by atoms with Gasteiger partial charge in [-0.2, -0.15) is 5.10 Å². The zero-order chi connectivity index (χ0) is 16.2. The number of piperidine rings is 1. The molecule has 0 saturated carbocycles. The number of nitrogens with zero attached hydrogens (tertiary/aromatic N) is 3. The van der Waals surface area contributed by atoms with Crippen molar-refractivity contribution >= 4 is 11.7 Å². The SMILES string of the molecule is Cc1c(NC(=O)NC2CCN(C[C@@H]3CCCO3)CC2)cnn1C. The third-order valence-electron chi connectivity index (χ3n) is 4.89. The van der Waals surface area contributed by atoms with E-state index in [1.165, 1.54) is 12.8 Å². The highest BCUT2D eigenvalue weighted by Gasteiger charge is 2.24. The molecular formula is C16H27N5O2. The van der Waals surface area contributed by atoms with Gasteiger partial charge in [0.1, 0.15) is 0 Å². The van der Waals surface area contributed by atoms with Gasteiger partial charge in [-0.15, -0.1) is 0 Å². The number of carbonyl (C=O) groups is 1. The minimum absolute atomic E-state index is 0.140. The zero-order valence-electron chi connectivity index (χ0n) is 14.0. The van der Waals surface area contributed by atoms with Crippen LogP contribution in [0, 0.1) is 6.92 Å². The van der Waals surface area contributed by atoms with Crippen molar-refractivity contribution in [1.82, 2.24) is 20.0 Å². The average molecular weight is 321 g/mol. The smallest absolute Gasteiger partial charge is 0.319 e. The van der Waals surface area contributed by atoms with Crippen molar-refractivity contribution in [2.45, 2.75) is 44.8 Å². The number of urea groups is 1. The number of hydrogen-bond acceptors (Lipinski definition) is 4. The molecule has 2 amide bonds. The standard InChI is InChI=1S/C16H27N5O2/c1-12-15(10-17-20(12)2)19-16(22)18-13-5-7-21(8-6-13)11-14-4-3-9-23-14/h10,13-14H,3-9,11H2,1-2H3,(H2,18,19,22)/t14-/m0/s1. The number of hydrogen-bond donors (Lipinski definition) is 2. The summed E-state index contributed by atoms with van der Waals surface area (Å²) in [5.74, 6) is 0. The van der Waals surface area contributed by atoms with Gasteiger partial charge in [-0.05, 0) is 32.6 Å². The molecule has 7 heteroatoms. The fourth-order valence-corrected chi connectivity index (χ4v) is 3.30. The lowest BCUT2D eigenvalue weighted by Crippen LogP contribution is -2.47. The first kappa shape index (κ1) is 16.3. The van der Waals surface area contributed by atoms with Crippen molar-refractivity contribution in [2.75, 3.05) is 31.6 Å². The van der Waals surface area contributed by atoms with E-state index in [2.05, 4.69) is 20.6 Å². The van der Waals surface area contributed by atoms with Crippen molar-refractivity contribution in [2.24, 2.45) is 7.05 Å². The van der Waals surface area contributed by atoms with Crippen molar-refractivity contribution in [3.63, 3.8) is 0 Å². The van der Waals surface area contributed by atoms with E-state index in [0.717, 1.165) is 50.5 Å². The molecule has 2 saturated heterocycles. The fraction of sp³-hybridized carbons (Fsp3) is 0.750. The largest absolute Gasteiger partial charge is 0.377 e. The summed E-state index contributed by atoms with van der Waals surface area (Å²) in [4.78, 5) is 14.6. The van der Waals surface area contributed by atoms with Gasteiger partial charge in [0, 0.05) is 39.3 Å². The summed E-state index contributed by atoms with van der Waals surface area (Å²) in [6.45, 7) is 5.93. The summed E-state index contributed by atoms with van der Waals surface area (Å²) in [6.07, 6.45) is 6.45. The molecule has 0 unspecified atom stereocenters. The summed E-state index contributed by atoms with van der Waals surface area (Å²) in [5.41, 5.74) is 1.72. The van der Waals surface area contributed by atoms with Gasteiger partial charge in [0.05, 0.1) is 23.7 Å². The first-order chi connectivity index (χ1) is 11.1. The predicted octanol–water partition coefficient (Wildman–Crippen LogP) is 1.49. The van der Waals surface area contributed by atoms with Gasteiger partial charge in [-0.3, -0.25) is 4.68 Å². The Bertz CT molecular complexity index is 531. The van der Waals surface area contributed by atoms with Crippen LogP contribution in [0.3, 0.4) is 0 Å². The number of carbonyl (C=O) groups excluding carboxylic acids is 1. The predicted molar refractivity (Wildman–Crippen MR) is 88.5 cm³/mol. The first-order valence-electron chi connectivity index (χ1n) is 8.52. The van der Waals surface area contributed by atoms with Crippen LogP contribution in [0.1, 0.15) is 31.4 Å². The van der Waals surface area contributed by atoms with Crippen molar-refractivity contribution < 1.29 is 9.53 Å². The van der Waals surface area contributed by atoms with Gasteiger partial charge in [0.25, 0.3) is 0 Å². The third kappa shape index (κ3) is 4.23. The molecule has 2 aliphatic heterocycles. The molecule has 0 aromatic carbocycles. The lowest BCUT2D eigenvalue weighted by Gasteiger charge is -2.33. The van der Waals surface area contributed by atoms with Gasteiger partial charge < -0.3 is 20.3 Å². The molecule has 2 N–H and O–H groups in total. The molecule has 2 aliphatic rings. The second-order valence-corrected chi connectivity index (χ2v) is 6.58. The topological polar surface area (TPSA) is 71.4 Å². The van der Waals surface area contributed by atoms with Crippen LogP contribution in [-0.2, 0) is 11.8 Å². The Morgan fingerprint density at radius 1 is 1.39 bits per heavy atom. The molecule has 1 aromatic heterocycles. The Balaban J connectivity index is 1.39. The molecular weight excluding hydrogens is 294 g/mol. The normalized spacial score (nSPS) is 23.1. The van der Waals surface area contributed by atoms with Gasteiger partial charge in [0.2, 0.25) is 0 Å². The molecule has 7 nitrogen and oxygen atoms in total. The van der Waals surface area contributed by atoms with Gasteiger partial charge in [0.15, 0.2) is 0 Å². The van der Waals surface area contributed by atoms with Crippen LogP contribution in [0.2, 0.25) is 0 Å². The van der Waals surface area contributed by atoms with E-state index in [4.69, 9.17) is 4.74 Å². The van der Waals surface area contributed by atoms with Crippen LogP contribution in [0.25, 0.3) is 0 Å². The number of nitrogens with one attached hydrogen (secondary N) is 2. The zero-order valence-corrected chi connectivity index (χ0v) is 14.0. The van der Waals surface area contributed by atoms with E-state index in [-0.39, 0.29) is 12.1 Å². The molecule has 2 fully saturated rings. The fourth-order valence-electron chi connectivity index (χ4n) is 3.30. The Morgan fingerprint density at radius 3 is 2.78 bits per heavy atom. The van der Waals surface area contributed by atoms with E-state index in [1.54, 1.807) is 10.9 Å². The molecule has 1 atom stereocenters. The number of anilines is 1. The molecule has 0 bridgehead atoms. The molecule has 3 heterocycles. The molecule has 3 rings (SSSR count). The quantitative estimate of drug-likeness (QED) is 0.881. The second kappa shape index (κ2) is 7.31. The summed E-state index contributed by atoms with van der Waals surface area (Å²) in [5, 5.41) is 10.1. The lowest BCUT2D eigenvalue weighted by atomic mass is 10.0. The maximum Gasteiger partial charge on any atom is 0.319 e. The van der Waals surface area contributed by atoms with E-state index in [1.807, 2.05) is 14.0 Å². The molecule has 23 heavy (non-hydrogen) atoms. The number of amides is 2. The van der Waals surface area contributed by atoms with Crippen LogP contribution < -0.4 is 10.6 Å². The van der Waals surface area contributed by atoms with Gasteiger partial charge in [-0.1, -0.05) is 0 Å². The van der Waals surface area contributed by atoms with Crippen molar-refractivity contribution in [3.05, 3.63) is 11.9 Å². The Hall–Kier alpha value is -1.60. The second-order valence-electron chi connectivity index (χ2n) is 6.58. The highest BCUT2D eigenvalue weighted by atomic mass is 16.5. The van der Waals surface area contributed by atoms with Crippen LogP contribution >= 0.6 is 0 Å². The van der Waals surface area contributed by atoms with Crippen LogP contribution in [0.15, 0.2) is 6.20 Å². The molecule has 0 spiro atoms. The number of rotatable bonds is 4.